The van der Waals surface area contributed by atoms with Crippen LogP contribution in [0.3, 0.4) is 0 Å². The zero-order chi connectivity index (χ0) is 17.2. The summed E-state index contributed by atoms with van der Waals surface area (Å²) < 4.78 is 0. The van der Waals surface area contributed by atoms with Gasteiger partial charge in [-0.15, -0.1) is 11.8 Å². The molecule has 0 amide bonds. The predicted octanol–water partition coefficient (Wildman–Crippen LogP) is 4.89. The van der Waals surface area contributed by atoms with Crippen molar-refractivity contribution >= 4 is 23.4 Å². The van der Waals surface area contributed by atoms with Gasteiger partial charge in [0.1, 0.15) is 5.25 Å². The van der Waals surface area contributed by atoms with E-state index in [1.165, 1.54) is 38.5 Å². The third-order valence-electron chi connectivity index (χ3n) is 4.56. The Bertz CT molecular complexity index is 487. The number of hydrogen-bond donors (Lipinski definition) is 2. The minimum atomic E-state index is -0.329. The average molecular weight is 351 g/mol. The van der Waals surface area contributed by atoms with Crippen molar-refractivity contribution in [3.05, 3.63) is 24.3 Å². The Morgan fingerprint density at radius 2 is 1.96 bits per heavy atom. The van der Waals surface area contributed by atoms with Gasteiger partial charge in [-0.25, -0.2) is 4.79 Å². The first-order chi connectivity index (χ1) is 11.7. The number of thioether (sulfide) groups is 1. The van der Waals surface area contributed by atoms with E-state index in [-0.39, 0.29) is 11.2 Å². The van der Waals surface area contributed by atoms with E-state index in [9.17, 15) is 4.79 Å². The molecule has 1 atom stereocenters. The summed E-state index contributed by atoms with van der Waals surface area (Å²) in [5, 5.41) is 3.36. The molecule has 1 aliphatic carbocycles. The van der Waals surface area contributed by atoms with Crippen LogP contribution in [0.5, 0.6) is 0 Å². The summed E-state index contributed by atoms with van der Waals surface area (Å²) in [7, 11) is 0. The highest BCUT2D eigenvalue weighted by molar-refractivity contribution is 8.00. The molecular formula is C19H30N2O2S. The summed E-state index contributed by atoms with van der Waals surface area (Å²) in [4.78, 5) is 17.5. The van der Waals surface area contributed by atoms with Gasteiger partial charge in [0.15, 0.2) is 0 Å². The van der Waals surface area contributed by atoms with Crippen LogP contribution in [0, 0.1) is 0 Å². The highest BCUT2D eigenvalue weighted by Gasteiger charge is 2.21. The largest absolute Gasteiger partial charge is 0.382 e. The molecule has 24 heavy (non-hydrogen) atoms. The lowest BCUT2D eigenvalue weighted by Gasteiger charge is -2.16. The molecule has 0 spiro atoms. The van der Waals surface area contributed by atoms with E-state index in [4.69, 9.17) is 5.90 Å². The molecule has 0 radical (unpaired) electrons. The SMILES string of the molecule is CCCCCCC(Sc1ccc(NC2CCCC2)cc1)C(=O)ON. The first kappa shape index (κ1) is 19.1. The van der Waals surface area contributed by atoms with E-state index in [0.717, 1.165) is 29.8 Å². The average Bonchev–Trinajstić information content (AvgIpc) is 3.11. The number of carbonyl (C=O) groups excluding carboxylic acids is 1. The molecule has 0 heterocycles. The lowest BCUT2D eigenvalue weighted by atomic mass is 10.1. The minimum Gasteiger partial charge on any atom is -0.382 e. The van der Waals surface area contributed by atoms with Gasteiger partial charge in [0.25, 0.3) is 0 Å². The van der Waals surface area contributed by atoms with Crippen molar-refractivity contribution in [2.24, 2.45) is 5.90 Å². The van der Waals surface area contributed by atoms with Crippen molar-refractivity contribution < 1.29 is 9.63 Å². The van der Waals surface area contributed by atoms with Gasteiger partial charge in [0.05, 0.1) is 0 Å². The molecule has 2 rings (SSSR count). The number of hydrogen-bond acceptors (Lipinski definition) is 5. The summed E-state index contributed by atoms with van der Waals surface area (Å²) in [6.07, 6.45) is 10.6. The topological polar surface area (TPSA) is 64.3 Å². The zero-order valence-electron chi connectivity index (χ0n) is 14.6. The lowest BCUT2D eigenvalue weighted by molar-refractivity contribution is -0.143. The zero-order valence-corrected chi connectivity index (χ0v) is 15.4. The number of unbranched alkanes of at least 4 members (excludes halogenated alkanes) is 3. The molecule has 1 aliphatic rings. The number of rotatable bonds is 10. The molecule has 1 aromatic rings. The van der Waals surface area contributed by atoms with Gasteiger partial charge >= 0.3 is 5.97 Å². The highest BCUT2D eigenvalue weighted by Crippen LogP contribution is 2.29. The Hall–Kier alpha value is -1.20. The van der Waals surface area contributed by atoms with Crippen molar-refractivity contribution in [2.45, 2.75) is 80.9 Å². The molecule has 0 saturated heterocycles. The number of nitrogens with one attached hydrogen (secondary N) is 1. The fourth-order valence-electron chi connectivity index (χ4n) is 3.16. The van der Waals surface area contributed by atoms with E-state index in [2.05, 4.69) is 41.3 Å². The fourth-order valence-corrected chi connectivity index (χ4v) is 4.22. The fraction of sp³-hybridized carbons (Fsp3) is 0.632. The van der Waals surface area contributed by atoms with Crippen molar-refractivity contribution in [1.29, 1.82) is 0 Å². The Labute approximate surface area is 149 Å². The molecule has 1 aromatic carbocycles. The highest BCUT2D eigenvalue weighted by atomic mass is 32.2. The molecule has 4 nitrogen and oxygen atoms in total. The Morgan fingerprint density at radius 3 is 2.58 bits per heavy atom. The van der Waals surface area contributed by atoms with Crippen LogP contribution in [-0.4, -0.2) is 17.3 Å². The predicted molar refractivity (Wildman–Crippen MR) is 101 cm³/mol. The van der Waals surface area contributed by atoms with E-state index in [1.54, 1.807) is 11.8 Å². The summed E-state index contributed by atoms with van der Waals surface area (Å²) in [5.74, 6) is 4.77. The second kappa shape index (κ2) is 10.6. The summed E-state index contributed by atoms with van der Waals surface area (Å²) >= 11 is 1.55. The Morgan fingerprint density at radius 1 is 1.25 bits per heavy atom. The van der Waals surface area contributed by atoms with E-state index < -0.39 is 0 Å². The van der Waals surface area contributed by atoms with Crippen LogP contribution in [0.15, 0.2) is 29.2 Å². The summed E-state index contributed by atoms with van der Waals surface area (Å²) in [6.45, 7) is 2.18. The van der Waals surface area contributed by atoms with Crippen LogP contribution in [0.1, 0.15) is 64.7 Å². The van der Waals surface area contributed by atoms with Gasteiger partial charge < -0.3 is 10.2 Å². The molecule has 5 heteroatoms. The van der Waals surface area contributed by atoms with Gasteiger partial charge in [-0.05, 0) is 43.5 Å². The van der Waals surface area contributed by atoms with Crippen LogP contribution in [0.25, 0.3) is 0 Å². The van der Waals surface area contributed by atoms with E-state index in [1.807, 2.05) is 0 Å². The summed E-state index contributed by atoms with van der Waals surface area (Å²) in [5.41, 5.74) is 1.16. The van der Waals surface area contributed by atoms with Gasteiger partial charge in [0.2, 0.25) is 0 Å². The van der Waals surface area contributed by atoms with Crippen molar-refractivity contribution in [3.63, 3.8) is 0 Å². The van der Waals surface area contributed by atoms with Gasteiger partial charge in [-0.2, -0.15) is 5.90 Å². The van der Waals surface area contributed by atoms with Gasteiger partial charge in [-0.1, -0.05) is 45.4 Å². The molecule has 1 fully saturated rings. The van der Waals surface area contributed by atoms with Crippen LogP contribution < -0.4 is 11.2 Å². The third-order valence-corrected chi connectivity index (χ3v) is 5.81. The second-order valence-electron chi connectivity index (χ2n) is 6.54. The molecular weight excluding hydrogens is 320 g/mol. The third kappa shape index (κ3) is 6.36. The van der Waals surface area contributed by atoms with Crippen LogP contribution in [0.2, 0.25) is 0 Å². The molecule has 134 valence electrons. The second-order valence-corrected chi connectivity index (χ2v) is 7.82. The van der Waals surface area contributed by atoms with Crippen LogP contribution in [-0.2, 0) is 9.63 Å². The number of nitrogens with two attached hydrogens (primary N) is 1. The molecule has 0 bridgehead atoms. The first-order valence-corrected chi connectivity index (χ1v) is 10.0. The first-order valence-electron chi connectivity index (χ1n) is 9.16. The number of benzene rings is 1. The normalized spacial score (nSPS) is 16.1. The monoisotopic (exact) mass is 350 g/mol. The van der Waals surface area contributed by atoms with Crippen LogP contribution >= 0.6 is 11.8 Å². The summed E-state index contributed by atoms with van der Waals surface area (Å²) in [6, 6.07) is 8.96. The van der Waals surface area contributed by atoms with E-state index >= 15 is 0 Å². The maximum absolute atomic E-state index is 11.9. The lowest BCUT2D eigenvalue weighted by Crippen LogP contribution is -2.23. The molecule has 0 aromatic heterocycles. The van der Waals surface area contributed by atoms with E-state index in [0.29, 0.717) is 6.04 Å². The molecule has 1 unspecified atom stereocenters. The van der Waals surface area contributed by atoms with Gasteiger partial charge in [0, 0.05) is 16.6 Å². The maximum Gasteiger partial charge on any atom is 0.337 e. The van der Waals surface area contributed by atoms with Gasteiger partial charge in [-0.3, -0.25) is 0 Å². The molecule has 3 N–H and O–H groups in total. The number of anilines is 1. The smallest absolute Gasteiger partial charge is 0.337 e. The maximum atomic E-state index is 11.9. The standard InChI is InChI=1S/C19H30N2O2S/c1-2-3-4-5-10-18(19(22)23-20)24-17-13-11-16(12-14-17)21-15-8-6-7-9-15/h11-15,18,21H,2-10,20H2,1H3. The quantitative estimate of drug-likeness (QED) is 0.357. The van der Waals surface area contributed by atoms with Crippen molar-refractivity contribution in [1.82, 2.24) is 0 Å². The number of carbonyl (C=O) groups is 1. The minimum absolute atomic E-state index is 0.222. The van der Waals surface area contributed by atoms with Crippen molar-refractivity contribution in [2.75, 3.05) is 5.32 Å². The van der Waals surface area contributed by atoms with Crippen LogP contribution in [0.4, 0.5) is 5.69 Å². The molecule has 0 aliphatic heterocycles. The Balaban J connectivity index is 1.86. The Kier molecular flexibility index (Phi) is 8.47. The van der Waals surface area contributed by atoms with Crippen molar-refractivity contribution in [3.8, 4) is 0 Å². The molecule has 1 saturated carbocycles.